The third-order valence-electron chi connectivity index (χ3n) is 1.71. The van der Waals surface area contributed by atoms with Gasteiger partial charge < -0.3 is 4.74 Å². The first-order valence-corrected chi connectivity index (χ1v) is 4.01. The van der Waals surface area contributed by atoms with E-state index in [0.717, 1.165) is 24.5 Å². The van der Waals surface area contributed by atoms with Gasteiger partial charge in [-0.1, -0.05) is 0 Å². The second-order valence-electron chi connectivity index (χ2n) is 2.77. The van der Waals surface area contributed by atoms with Crippen molar-refractivity contribution >= 4 is 6.08 Å². The van der Waals surface area contributed by atoms with Gasteiger partial charge >= 0.3 is 6.18 Å². The van der Waals surface area contributed by atoms with Crippen molar-refractivity contribution in [2.75, 3.05) is 7.11 Å². The molecule has 1 nitrogen and oxygen atoms in total. The first kappa shape index (κ1) is 11.6. The fraction of sp³-hybridized carbons (Fsp3) is 0.200. The second kappa shape index (κ2) is 4.33. The van der Waals surface area contributed by atoms with Gasteiger partial charge in [-0.25, -0.2) is 4.39 Å². The van der Waals surface area contributed by atoms with Crippen LogP contribution in [0.2, 0.25) is 0 Å². The van der Waals surface area contributed by atoms with Gasteiger partial charge in [-0.2, -0.15) is 13.2 Å². The van der Waals surface area contributed by atoms with Gasteiger partial charge in [0.1, 0.15) is 5.82 Å². The molecule has 1 aromatic carbocycles. The molecule has 0 amide bonds. The van der Waals surface area contributed by atoms with E-state index in [2.05, 4.69) is 4.74 Å². The third-order valence-corrected chi connectivity index (χ3v) is 1.71. The van der Waals surface area contributed by atoms with Crippen LogP contribution < -0.4 is 0 Å². The average molecular weight is 220 g/mol. The van der Waals surface area contributed by atoms with E-state index >= 15 is 0 Å². The quantitative estimate of drug-likeness (QED) is 0.547. The van der Waals surface area contributed by atoms with Crippen LogP contribution in [0.25, 0.3) is 6.08 Å². The monoisotopic (exact) mass is 220 g/mol. The lowest BCUT2D eigenvalue weighted by Gasteiger charge is -2.07. The molecule has 15 heavy (non-hydrogen) atoms. The predicted octanol–water partition coefficient (Wildman–Crippen LogP) is 3.46. The van der Waals surface area contributed by atoms with Gasteiger partial charge in [0.2, 0.25) is 0 Å². The van der Waals surface area contributed by atoms with Crippen molar-refractivity contribution in [2.24, 2.45) is 0 Å². The SMILES string of the molecule is CO/C=C/c1cc(C(F)(F)F)ccc1F. The number of hydrogen-bond acceptors (Lipinski definition) is 1. The normalized spacial score (nSPS) is 12.1. The van der Waals surface area contributed by atoms with Gasteiger partial charge in [-0.05, 0) is 24.3 Å². The molecule has 0 aliphatic rings. The number of rotatable bonds is 2. The fourth-order valence-corrected chi connectivity index (χ4v) is 0.989. The number of halogens is 4. The van der Waals surface area contributed by atoms with Crippen LogP contribution in [0, 0.1) is 5.82 Å². The van der Waals surface area contributed by atoms with Gasteiger partial charge in [0.05, 0.1) is 18.9 Å². The van der Waals surface area contributed by atoms with Gasteiger partial charge in [0.15, 0.2) is 0 Å². The van der Waals surface area contributed by atoms with E-state index < -0.39 is 17.6 Å². The number of hydrogen-bond donors (Lipinski definition) is 0. The van der Waals surface area contributed by atoms with Crippen LogP contribution in [0.1, 0.15) is 11.1 Å². The molecule has 0 spiro atoms. The molecular weight excluding hydrogens is 212 g/mol. The summed E-state index contributed by atoms with van der Waals surface area (Å²) in [4.78, 5) is 0. The van der Waals surface area contributed by atoms with Crippen molar-refractivity contribution in [1.82, 2.24) is 0 Å². The summed E-state index contributed by atoms with van der Waals surface area (Å²) in [6, 6.07) is 2.20. The van der Waals surface area contributed by atoms with E-state index in [1.807, 2.05) is 0 Å². The lowest BCUT2D eigenvalue weighted by molar-refractivity contribution is -0.137. The molecule has 0 saturated carbocycles. The average Bonchev–Trinajstić information content (AvgIpc) is 2.15. The highest BCUT2D eigenvalue weighted by molar-refractivity contribution is 5.50. The van der Waals surface area contributed by atoms with E-state index in [4.69, 9.17) is 0 Å². The number of benzene rings is 1. The molecule has 5 heteroatoms. The first-order chi connectivity index (χ1) is 6.95. The second-order valence-corrected chi connectivity index (χ2v) is 2.77. The molecule has 82 valence electrons. The summed E-state index contributed by atoms with van der Waals surface area (Å²) >= 11 is 0. The zero-order chi connectivity index (χ0) is 11.5. The van der Waals surface area contributed by atoms with E-state index in [1.54, 1.807) is 0 Å². The van der Waals surface area contributed by atoms with Crippen LogP contribution in [0.5, 0.6) is 0 Å². The Balaban J connectivity index is 3.11. The van der Waals surface area contributed by atoms with Crippen molar-refractivity contribution in [3.05, 3.63) is 41.4 Å². The Morgan fingerprint density at radius 2 is 1.93 bits per heavy atom. The Kier molecular flexibility index (Phi) is 3.34. The molecule has 0 N–H and O–H groups in total. The molecular formula is C10H8F4O. The van der Waals surface area contributed by atoms with E-state index in [-0.39, 0.29) is 5.56 Å². The Labute approximate surface area is 84.0 Å². The van der Waals surface area contributed by atoms with Crippen LogP contribution in [0.4, 0.5) is 17.6 Å². The summed E-state index contributed by atoms with van der Waals surface area (Å²) in [6.45, 7) is 0. The third kappa shape index (κ3) is 2.97. The minimum absolute atomic E-state index is 0.160. The molecule has 0 saturated heterocycles. The van der Waals surface area contributed by atoms with E-state index in [1.165, 1.54) is 7.11 Å². The lowest BCUT2D eigenvalue weighted by Crippen LogP contribution is -2.05. The molecule has 0 atom stereocenters. The first-order valence-electron chi connectivity index (χ1n) is 4.01. The van der Waals surface area contributed by atoms with Crippen molar-refractivity contribution in [3.63, 3.8) is 0 Å². The summed E-state index contributed by atoms with van der Waals surface area (Å²) in [5.41, 5.74) is -1.05. The smallest absolute Gasteiger partial charge is 0.416 e. The van der Waals surface area contributed by atoms with E-state index in [9.17, 15) is 17.6 Å². The molecule has 1 rings (SSSR count). The zero-order valence-corrected chi connectivity index (χ0v) is 7.81. The van der Waals surface area contributed by atoms with Crippen LogP contribution in [-0.2, 0) is 10.9 Å². The van der Waals surface area contributed by atoms with Crippen molar-refractivity contribution in [2.45, 2.75) is 6.18 Å². The van der Waals surface area contributed by atoms with Gasteiger partial charge in [0.25, 0.3) is 0 Å². The maximum atomic E-state index is 13.0. The topological polar surface area (TPSA) is 9.23 Å². The number of methoxy groups -OCH3 is 1. The summed E-state index contributed by atoms with van der Waals surface area (Å²) in [7, 11) is 1.32. The summed E-state index contributed by atoms with van der Waals surface area (Å²) in [6.07, 6.45) is -2.23. The minimum atomic E-state index is -4.47. The van der Waals surface area contributed by atoms with Crippen LogP contribution >= 0.6 is 0 Å². The van der Waals surface area contributed by atoms with Crippen LogP contribution in [-0.4, -0.2) is 7.11 Å². The minimum Gasteiger partial charge on any atom is -0.504 e. The molecule has 0 aliphatic carbocycles. The molecule has 0 unspecified atom stereocenters. The van der Waals surface area contributed by atoms with E-state index in [0.29, 0.717) is 6.07 Å². The van der Waals surface area contributed by atoms with Crippen molar-refractivity contribution < 1.29 is 22.3 Å². The lowest BCUT2D eigenvalue weighted by atomic mass is 10.1. The van der Waals surface area contributed by atoms with Crippen molar-refractivity contribution in [3.8, 4) is 0 Å². The Hall–Kier alpha value is -1.52. The van der Waals surface area contributed by atoms with Crippen LogP contribution in [0.3, 0.4) is 0 Å². The molecule has 0 aliphatic heterocycles. The summed E-state index contributed by atoms with van der Waals surface area (Å²) in [5, 5.41) is 0. The van der Waals surface area contributed by atoms with Crippen molar-refractivity contribution in [1.29, 1.82) is 0 Å². The highest BCUT2D eigenvalue weighted by Crippen LogP contribution is 2.30. The largest absolute Gasteiger partial charge is 0.504 e. The fourth-order valence-electron chi connectivity index (χ4n) is 0.989. The Bertz CT molecular complexity index is 368. The van der Waals surface area contributed by atoms with Gasteiger partial charge in [0, 0.05) is 5.56 Å². The molecule has 0 fully saturated rings. The van der Waals surface area contributed by atoms with Gasteiger partial charge in [-0.15, -0.1) is 0 Å². The maximum Gasteiger partial charge on any atom is 0.416 e. The van der Waals surface area contributed by atoms with Crippen LogP contribution in [0.15, 0.2) is 24.5 Å². The number of alkyl halides is 3. The molecule has 0 heterocycles. The molecule has 1 aromatic rings. The Morgan fingerprint density at radius 1 is 1.27 bits per heavy atom. The Morgan fingerprint density at radius 3 is 2.47 bits per heavy atom. The predicted molar refractivity (Wildman–Crippen MR) is 47.4 cm³/mol. The molecule has 0 radical (unpaired) electrons. The summed E-state index contributed by atoms with van der Waals surface area (Å²) in [5.74, 6) is -0.726. The standard InChI is InChI=1S/C10H8F4O/c1-15-5-4-7-6-8(10(12,13)14)2-3-9(7)11/h2-6H,1H3/b5-4+. The maximum absolute atomic E-state index is 13.0. The molecule has 0 bridgehead atoms. The highest BCUT2D eigenvalue weighted by atomic mass is 19.4. The highest BCUT2D eigenvalue weighted by Gasteiger charge is 2.30. The zero-order valence-electron chi connectivity index (χ0n) is 7.81. The number of ether oxygens (including phenoxy) is 1. The summed E-state index contributed by atoms with van der Waals surface area (Å²) < 4.78 is 54.2. The van der Waals surface area contributed by atoms with Gasteiger partial charge in [-0.3, -0.25) is 0 Å². The molecule has 0 aromatic heterocycles.